The van der Waals surface area contributed by atoms with Gasteiger partial charge in [0.15, 0.2) is 0 Å². The highest BCUT2D eigenvalue weighted by atomic mass is 19.3. The Balaban J connectivity index is 4.86. The minimum absolute atomic E-state index is 0.107. The third-order valence-electron chi connectivity index (χ3n) is 1.26. The zero-order valence-electron chi connectivity index (χ0n) is 8.62. The molecule has 0 N–H and O–H groups in total. The molecule has 0 aliphatic rings. The minimum atomic E-state index is -2.45. The molecule has 0 rings (SSSR count). The molecule has 0 bridgehead atoms. The van der Waals surface area contributed by atoms with Crippen LogP contribution in [0.3, 0.4) is 0 Å². The summed E-state index contributed by atoms with van der Waals surface area (Å²) in [5.74, 6) is 0.107. The molecule has 0 atom stereocenters. The maximum atomic E-state index is 12.4. The van der Waals surface area contributed by atoms with Crippen molar-refractivity contribution in [3.8, 4) is 0 Å². The standard InChI is InChI=1S/C10H13F3O/c1-6(2)5-8(7(3)4)14-10(13)9(11)12/h5H,1-4H3. The van der Waals surface area contributed by atoms with Gasteiger partial charge in [-0.2, -0.15) is 13.2 Å². The van der Waals surface area contributed by atoms with Crippen LogP contribution in [0, 0.1) is 0 Å². The monoisotopic (exact) mass is 206 g/mol. The van der Waals surface area contributed by atoms with Crippen molar-refractivity contribution < 1.29 is 17.9 Å². The van der Waals surface area contributed by atoms with Gasteiger partial charge in [0.25, 0.3) is 0 Å². The predicted molar refractivity (Wildman–Crippen MR) is 49.2 cm³/mol. The fourth-order valence-electron chi connectivity index (χ4n) is 0.673. The largest absolute Gasteiger partial charge is 0.428 e. The van der Waals surface area contributed by atoms with Gasteiger partial charge in [0.1, 0.15) is 5.76 Å². The molecule has 14 heavy (non-hydrogen) atoms. The summed E-state index contributed by atoms with van der Waals surface area (Å²) in [5.41, 5.74) is 1.47. The minimum Gasteiger partial charge on any atom is -0.428 e. The van der Waals surface area contributed by atoms with Gasteiger partial charge in [-0.05, 0) is 39.3 Å². The number of hydrogen-bond acceptors (Lipinski definition) is 1. The van der Waals surface area contributed by atoms with E-state index in [1.54, 1.807) is 27.7 Å². The zero-order chi connectivity index (χ0) is 11.3. The Hall–Kier alpha value is -1.19. The number of allylic oxidation sites excluding steroid dienone is 3. The molecule has 0 saturated heterocycles. The molecule has 0 amide bonds. The van der Waals surface area contributed by atoms with Crippen molar-refractivity contribution in [3.05, 3.63) is 35.1 Å². The highest BCUT2D eigenvalue weighted by molar-refractivity contribution is 5.21. The van der Waals surface area contributed by atoms with E-state index in [1.165, 1.54) is 6.08 Å². The van der Waals surface area contributed by atoms with Gasteiger partial charge in [-0.15, -0.1) is 0 Å². The van der Waals surface area contributed by atoms with Crippen molar-refractivity contribution in [3.63, 3.8) is 0 Å². The van der Waals surface area contributed by atoms with Crippen LogP contribution < -0.4 is 0 Å². The van der Waals surface area contributed by atoms with Gasteiger partial charge in [0.2, 0.25) is 0 Å². The van der Waals surface area contributed by atoms with Gasteiger partial charge in [0, 0.05) is 0 Å². The number of halogens is 3. The summed E-state index contributed by atoms with van der Waals surface area (Å²) in [7, 11) is 0. The Morgan fingerprint density at radius 3 is 1.79 bits per heavy atom. The summed E-state index contributed by atoms with van der Waals surface area (Å²) in [5, 5.41) is 0. The molecule has 0 aromatic carbocycles. The van der Waals surface area contributed by atoms with Crippen LogP contribution in [0.2, 0.25) is 0 Å². The summed E-state index contributed by atoms with van der Waals surface area (Å²) in [6.07, 6.45) is -0.955. The lowest BCUT2D eigenvalue weighted by Crippen LogP contribution is -1.91. The van der Waals surface area contributed by atoms with Crippen LogP contribution in [0.4, 0.5) is 13.2 Å². The Morgan fingerprint density at radius 1 is 1.00 bits per heavy atom. The van der Waals surface area contributed by atoms with Gasteiger partial charge in [-0.3, -0.25) is 0 Å². The lowest BCUT2D eigenvalue weighted by molar-refractivity contribution is 0.182. The molecule has 4 heteroatoms. The van der Waals surface area contributed by atoms with Crippen LogP contribution in [0.25, 0.3) is 0 Å². The summed E-state index contributed by atoms with van der Waals surface area (Å²) < 4.78 is 40.2. The lowest BCUT2D eigenvalue weighted by atomic mass is 10.2. The maximum Gasteiger partial charge on any atom is 0.344 e. The van der Waals surface area contributed by atoms with E-state index >= 15 is 0 Å². The van der Waals surface area contributed by atoms with Crippen molar-refractivity contribution in [1.29, 1.82) is 0 Å². The third kappa shape index (κ3) is 4.74. The molecule has 0 aromatic heterocycles. The van der Waals surface area contributed by atoms with Crippen molar-refractivity contribution >= 4 is 0 Å². The Kier molecular flexibility index (Phi) is 5.05. The first-order chi connectivity index (χ1) is 6.34. The lowest BCUT2D eigenvalue weighted by Gasteiger charge is -2.05. The molecular formula is C10H13F3O. The molecule has 1 nitrogen and oxygen atoms in total. The Bertz CT molecular complexity index is 288. The van der Waals surface area contributed by atoms with Crippen molar-refractivity contribution in [2.24, 2.45) is 0 Å². The van der Waals surface area contributed by atoms with Crippen molar-refractivity contribution in [2.75, 3.05) is 0 Å². The molecule has 0 unspecified atom stereocenters. The van der Waals surface area contributed by atoms with Gasteiger partial charge in [0.05, 0.1) is 0 Å². The first kappa shape index (κ1) is 12.8. The second-order valence-corrected chi connectivity index (χ2v) is 3.22. The van der Waals surface area contributed by atoms with Crippen LogP contribution in [-0.2, 0) is 4.74 Å². The highest BCUT2D eigenvalue weighted by Crippen LogP contribution is 2.19. The molecular weight excluding hydrogens is 193 g/mol. The Morgan fingerprint density at radius 2 is 1.50 bits per heavy atom. The zero-order valence-corrected chi connectivity index (χ0v) is 8.62. The summed E-state index contributed by atoms with van der Waals surface area (Å²) in [4.78, 5) is 0. The predicted octanol–water partition coefficient (Wildman–Crippen LogP) is 4.30. The van der Waals surface area contributed by atoms with Gasteiger partial charge < -0.3 is 4.74 Å². The van der Waals surface area contributed by atoms with Crippen molar-refractivity contribution in [1.82, 2.24) is 0 Å². The molecule has 0 aliphatic carbocycles. The van der Waals surface area contributed by atoms with E-state index in [0.29, 0.717) is 5.57 Å². The normalized spacial score (nSPS) is 9.07. The summed E-state index contributed by atoms with van der Waals surface area (Å²) in [6.45, 7) is 6.83. The van der Waals surface area contributed by atoms with E-state index in [0.717, 1.165) is 5.57 Å². The average Bonchev–Trinajstić information content (AvgIpc) is 2.01. The quantitative estimate of drug-likeness (QED) is 0.494. The Labute approximate surface area is 81.6 Å². The van der Waals surface area contributed by atoms with E-state index < -0.39 is 12.1 Å². The van der Waals surface area contributed by atoms with Crippen LogP contribution >= 0.6 is 0 Å². The second-order valence-electron chi connectivity index (χ2n) is 3.22. The molecule has 0 fully saturated rings. The highest BCUT2D eigenvalue weighted by Gasteiger charge is 2.09. The van der Waals surface area contributed by atoms with Crippen LogP contribution in [0.1, 0.15) is 27.7 Å². The molecule has 80 valence electrons. The average molecular weight is 206 g/mol. The summed E-state index contributed by atoms with van der Waals surface area (Å²) >= 11 is 0. The molecule has 0 spiro atoms. The van der Waals surface area contributed by atoms with E-state index in [1.807, 2.05) is 0 Å². The summed E-state index contributed by atoms with van der Waals surface area (Å²) in [6, 6.07) is -1.85. The van der Waals surface area contributed by atoms with Crippen molar-refractivity contribution in [2.45, 2.75) is 27.7 Å². The first-order valence-electron chi connectivity index (χ1n) is 4.05. The van der Waals surface area contributed by atoms with E-state index in [-0.39, 0.29) is 5.76 Å². The number of ether oxygens (including phenoxy) is 1. The molecule has 0 aromatic rings. The topological polar surface area (TPSA) is 9.23 Å². The fourth-order valence-corrected chi connectivity index (χ4v) is 0.673. The second kappa shape index (κ2) is 5.52. The van der Waals surface area contributed by atoms with E-state index in [2.05, 4.69) is 4.74 Å². The molecule has 0 radical (unpaired) electrons. The molecule has 0 heterocycles. The fraction of sp³-hybridized carbons (Fsp3) is 0.400. The van der Waals surface area contributed by atoms with Gasteiger partial charge >= 0.3 is 12.1 Å². The maximum absolute atomic E-state index is 12.4. The SMILES string of the molecule is CC(C)=CC(OC(F)=C(F)F)=C(C)C. The van der Waals surface area contributed by atoms with Gasteiger partial charge in [-0.25, -0.2) is 0 Å². The van der Waals surface area contributed by atoms with E-state index in [4.69, 9.17) is 0 Å². The smallest absolute Gasteiger partial charge is 0.344 e. The van der Waals surface area contributed by atoms with Gasteiger partial charge in [-0.1, -0.05) is 5.57 Å². The van der Waals surface area contributed by atoms with Crippen LogP contribution in [0.15, 0.2) is 35.1 Å². The number of rotatable bonds is 3. The molecule has 0 saturated carbocycles. The number of hydrogen-bond donors (Lipinski definition) is 0. The first-order valence-corrected chi connectivity index (χ1v) is 4.05. The van der Waals surface area contributed by atoms with Crippen LogP contribution in [0.5, 0.6) is 0 Å². The third-order valence-corrected chi connectivity index (χ3v) is 1.26. The van der Waals surface area contributed by atoms with E-state index in [9.17, 15) is 13.2 Å². The molecule has 0 aliphatic heterocycles. The van der Waals surface area contributed by atoms with Crippen LogP contribution in [-0.4, -0.2) is 0 Å².